The van der Waals surface area contributed by atoms with E-state index >= 15 is 0 Å². The van der Waals surface area contributed by atoms with E-state index in [9.17, 15) is 4.39 Å². The summed E-state index contributed by atoms with van der Waals surface area (Å²) in [6.45, 7) is 1.88. The topological polar surface area (TPSA) is 25.8 Å². The third kappa shape index (κ3) is 2.23. The lowest BCUT2D eigenvalue weighted by Gasteiger charge is -2.06. The van der Waals surface area contributed by atoms with Crippen molar-refractivity contribution in [2.24, 2.45) is 0 Å². The number of fused-ring (bicyclic) bond motifs is 1. The Hall–Kier alpha value is -1.71. The Morgan fingerprint density at radius 3 is 2.60 bits per heavy atom. The van der Waals surface area contributed by atoms with Crippen molar-refractivity contribution < 1.29 is 4.39 Å². The van der Waals surface area contributed by atoms with Crippen molar-refractivity contribution in [3.63, 3.8) is 0 Å². The van der Waals surface area contributed by atoms with Gasteiger partial charge in [-0.3, -0.25) is 0 Å². The Morgan fingerprint density at radius 2 is 1.85 bits per heavy atom. The number of para-hydroxylation sites is 1. The number of hydrogen-bond acceptors (Lipinski definition) is 2. The molecule has 0 amide bonds. The fourth-order valence-corrected chi connectivity index (χ4v) is 2.34. The Bertz CT molecular complexity index is 818. The lowest BCUT2D eigenvalue weighted by atomic mass is 10.1. The second kappa shape index (κ2) is 5.00. The summed E-state index contributed by atoms with van der Waals surface area (Å²) in [5.41, 5.74) is 1.87. The van der Waals surface area contributed by atoms with E-state index in [-0.39, 0.29) is 10.7 Å². The van der Waals surface area contributed by atoms with Crippen molar-refractivity contribution in [3.8, 4) is 11.4 Å². The first-order chi connectivity index (χ1) is 9.56. The zero-order valence-electron chi connectivity index (χ0n) is 10.5. The zero-order chi connectivity index (χ0) is 14.3. The Morgan fingerprint density at radius 1 is 1.05 bits per heavy atom. The van der Waals surface area contributed by atoms with Crippen LogP contribution in [0.15, 0.2) is 36.4 Å². The minimum Gasteiger partial charge on any atom is -0.225 e. The Labute approximate surface area is 125 Å². The molecule has 20 heavy (non-hydrogen) atoms. The summed E-state index contributed by atoms with van der Waals surface area (Å²) in [5, 5.41) is 1.39. The van der Waals surface area contributed by atoms with Crippen molar-refractivity contribution in [2.45, 2.75) is 6.92 Å². The van der Waals surface area contributed by atoms with Crippen molar-refractivity contribution in [3.05, 3.63) is 58.0 Å². The lowest BCUT2D eigenvalue weighted by Crippen LogP contribution is -1.94. The van der Waals surface area contributed by atoms with Crippen LogP contribution in [0.1, 0.15) is 5.56 Å². The molecule has 0 unspecified atom stereocenters. The number of aromatic nitrogens is 2. The smallest absolute Gasteiger partial charge is 0.161 e. The van der Waals surface area contributed by atoms with Gasteiger partial charge < -0.3 is 0 Å². The van der Waals surface area contributed by atoms with Gasteiger partial charge in [-0.15, -0.1) is 0 Å². The molecule has 0 radical (unpaired) electrons. The van der Waals surface area contributed by atoms with Gasteiger partial charge in [0.15, 0.2) is 5.82 Å². The van der Waals surface area contributed by atoms with Crippen LogP contribution >= 0.6 is 23.2 Å². The van der Waals surface area contributed by atoms with Gasteiger partial charge in [-0.05, 0) is 42.8 Å². The monoisotopic (exact) mass is 306 g/mol. The van der Waals surface area contributed by atoms with E-state index in [1.54, 1.807) is 24.3 Å². The fraction of sp³-hybridized carbons (Fsp3) is 0.0667. The first kappa shape index (κ1) is 13.3. The molecule has 0 fully saturated rings. The normalized spacial score (nSPS) is 11.0. The number of aryl methyl sites for hydroxylation is 1. The number of nitrogens with zero attached hydrogens (tertiary/aromatic N) is 2. The molecule has 0 bridgehead atoms. The van der Waals surface area contributed by atoms with E-state index in [1.807, 2.05) is 13.0 Å². The highest BCUT2D eigenvalue weighted by molar-refractivity contribution is 6.34. The van der Waals surface area contributed by atoms with E-state index in [2.05, 4.69) is 9.97 Å². The van der Waals surface area contributed by atoms with Gasteiger partial charge >= 0.3 is 0 Å². The van der Waals surface area contributed by atoms with Crippen molar-refractivity contribution in [2.75, 3.05) is 0 Å². The SMILES string of the molecule is Cc1cc(-c2nc(Cl)c3cccc(F)c3n2)ccc1Cl. The van der Waals surface area contributed by atoms with E-state index in [1.165, 1.54) is 6.07 Å². The van der Waals surface area contributed by atoms with E-state index in [0.717, 1.165) is 11.1 Å². The summed E-state index contributed by atoms with van der Waals surface area (Å²) >= 11 is 12.1. The van der Waals surface area contributed by atoms with Crippen LogP contribution in [0.25, 0.3) is 22.3 Å². The molecular formula is C15H9Cl2FN2. The molecule has 0 saturated heterocycles. The highest BCUT2D eigenvalue weighted by atomic mass is 35.5. The predicted octanol–water partition coefficient (Wildman–Crippen LogP) is 5.05. The van der Waals surface area contributed by atoms with Crippen molar-refractivity contribution >= 4 is 34.1 Å². The Kier molecular flexibility index (Phi) is 3.32. The fourth-order valence-electron chi connectivity index (χ4n) is 1.99. The van der Waals surface area contributed by atoms with Crippen LogP contribution in [0.4, 0.5) is 4.39 Å². The summed E-state index contributed by atoms with van der Waals surface area (Å²) in [5.74, 6) is -0.0360. The van der Waals surface area contributed by atoms with Crippen LogP contribution in [-0.2, 0) is 0 Å². The molecular weight excluding hydrogens is 298 g/mol. The summed E-state index contributed by atoms with van der Waals surface area (Å²) < 4.78 is 13.8. The first-order valence-corrected chi connectivity index (χ1v) is 6.70. The van der Waals surface area contributed by atoms with E-state index in [4.69, 9.17) is 23.2 Å². The number of rotatable bonds is 1. The van der Waals surface area contributed by atoms with Gasteiger partial charge in [0.05, 0.1) is 0 Å². The lowest BCUT2D eigenvalue weighted by molar-refractivity contribution is 0.636. The molecule has 100 valence electrons. The maximum absolute atomic E-state index is 13.8. The van der Waals surface area contributed by atoms with Gasteiger partial charge in [0, 0.05) is 16.0 Å². The highest BCUT2D eigenvalue weighted by Gasteiger charge is 2.11. The van der Waals surface area contributed by atoms with Crippen LogP contribution in [0.5, 0.6) is 0 Å². The van der Waals surface area contributed by atoms with Crippen LogP contribution in [0.3, 0.4) is 0 Å². The molecule has 0 aliphatic heterocycles. The third-order valence-corrected chi connectivity index (χ3v) is 3.76. The molecule has 5 heteroatoms. The molecule has 0 atom stereocenters. The number of halogens is 3. The largest absolute Gasteiger partial charge is 0.225 e. The molecule has 2 aromatic carbocycles. The first-order valence-electron chi connectivity index (χ1n) is 5.94. The van der Waals surface area contributed by atoms with E-state index in [0.29, 0.717) is 16.2 Å². The van der Waals surface area contributed by atoms with E-state index < -0.39 is 5.82 Å². The second-order valence-corrected chi connectivity index (χ2v) is 5.20. The summed E-state index contributed by atoms with van der Waals surface area (Å²) in [6.07, 6.45) is 0. The average molecular weight is 307 g/mol. The second-order valence-electron chi connectivity index (χ2n) is 4.44. The Balaban J connectivity index is 2.26. The van der Waals surface area contributed by atoms with Crippen LogP contribution in [-0.4, -0.2) is 9.97 Å². The molecule has 1 heterocycles. The third-order valence-electron chi connectivity index (χ3n) is 3.05. The minimum atomic E-state index is -0.418. The molecule has 3 aromatic rings. The van der Waals surface area contributed by atoms with Gasteiger partial charge in [-0.1, -0.05) is 29.3 Å². The van der Waals surface area contributed by atoms with Crippen molar-refractivity contribution in [1.82, 2.24) is 9.97 Å². The minimum absolute atomic E-state index is 0.218. The quantitative estimate of drug-likeness (QED) is 0.588. The highest BCUT2D eigenvalue weighted by Crippen LogP contribution is 2.28. The van der Waals surface area contributed by atoms with Gasteiger partial charge in [0.25, 0.3) is 0 Å². The van der Waals surface area contributed by atoms with Gasteiger partial charge in [-0.2, -0.15) is 0 Å². The maximum atomic E-state index is 13.8. The predicted molar refractivity (Wildman–Crippen MR) is 79.7 cm³/mol. The number of benzene rings is 2. The summed E-state index contributed by atoms with van der Waals surface area (Å²) in [7, 11) is 0. The molecule has 0 aliphatic rings. The molecule has 1 aromatic heterocycles. The standard InChI is InChI=1S/C15H9Cl2FN2/c1-8-7-9(5-6-11(8)16)15-19-13-10(14(17)20-15)3-2-4-12(13)18/h2-7H,1H3. The van der Waals surface area contributed by atoms with Crippen LogP contribution < -0.4 is 0 Å². The summed E-state index contributed by atoms with van der Waals surface area (Å²) in [6, 6.07) is 10.0. The number of hydrogen-bond donors (Lipinski definition) is 0. The van der Waals surface area contributed by atoms with Crippen molar-refractivity contribution in [1.29, 1.82) is 0 Å². The maximum Gasteiger partial charge on any atom is 0.161 e. The van der Waals surface area contributed by atoms with Gasteiger partial charge in [0.1, 0.15) is 16.5 Å². The van der Waals surface area contributed by atoms with Crippen LogP contribution in [0, 0.1) is 12.7 Å². The van der Waals surface area contributed by atoms with Crippen LogP contribution in [0.2, 0.25) is 10.2 Å². The van der Waals surface area contributed by atoms with Gasteiger partial charge in [0.2, 0.25) is 0 Å². The molecule has 3 rings (SSSR count). The molecule has 0 aliphatic carbocycles. The molecule has 0 N–H and O–H groups in total. The zero-order valence-corrected chi connectivity index (χ0v) is 12.0. The average Bonchev–Trinajstić information content (AvgIpc) is 2.43. The molecule has 0 saturated carbocycles. The van der Waals surface area contributed by atoms with Gasteiger partial charge in [-0.25, -0.2) is 14.4 Å². The molecule has 2 nitrogen and oxygen atoms in total. The molecule has 0 spiro atoms. The summed E-state index contributed by atoms with van der Waals surface area (Å²) in [4.78, 5) is 8.49.